The van der Waals surface area contributed by atoms with E-state index in [0.29, 0.717) is 29.8 Å². The smallest absolute Gasteiger partial charge is 0.290 e. The van der Waals surface area contributed by atoms with Crippen molar-refractivity contribution in [3.63, 3.8) is 0 Å². The highest BCUT2D eigenvalue weighted by molar-refractivity contribution is 6.30. The van der Waals surface area contributed by atoms with Crippen molar-refractivity contribution in [2.24, 2.45) is 0 Å². The van der Waals surface area contributed by atoms with E-state index in [1.807, 2.05) is 19.1 Å². The van der Waals surface area contributed by atoms with E-state index in [4.69, 9.17) is 20.5 Å². The quantitative estimate of drug-likeness (QED) is 0.568. The van der Waals surface area contributed by atoms with E-state index < -0.39 is 0 Å². The summed E-state index contributed by atoms with van der Waals surface area (Å²) in [6.07, 6.45) is 4.00. The molecule has 0 N–H and O–H groups in total. The molecule has 0 radical (unpaired) electrons. The molecule has 3 aromatic rings. The number of benzene rings is 1. The van der Waals surface area contributed by atoms with Gasteiger partial charge in [-0.15, -0.1) is 0 Å². The standard InChI is InChI=1S/C22H23ClN4O4/c1-2-26(22(29)18-10-6-12-30-18)14-19(28)27-11-4-3-9-17(27)21-24-20(25-31-21)15-7-5-8-16(23)13-15/h5-8,10,12-13,17H,2-4,9,11,14H2,1H3. The fourth-order valence-electron chi connectivity index (χ4n) is 3.74. The lowest BCUT2D eigenvalue weighted by molar-refractivity contribution is -0.136. The summed E-state index contributed by atoms with van der Waals surface area (Å²) in [5.41, 5.74) is 0.748. The van der Waals surface area contributed by atoms with E-state index in [0.717, 1.165) is 24.8 Å². The Balaban J connectivity index is 1.51. The molecule has 9 heteroatoms. The Hall–Kier alpha value is -3.13. The topological polar surface area (TPSA) is 92.7 Å². The van der Waals surface area contributed by atoms with Crippen molar-refractivity contribution in [1.82, 2.24) is 19.9 Å². The number of hydrogen-bond acceptors (Lipinski definition) is 6. The Labute approximate surface area is 184 Å². The minimum Gasteiger partial charge on any atom is -0.459 e. The van der Waals surface area contributed by atoms with E-state index in [2.05, 4.69) is 10.1 Å². The highest BCUT2D eigenvalue weighted by atomic mass is 35.5. The molecule has 0 aliphatic carbocycles. The van der Waals surface area contributed by atoms with E-state index >= 15 is 0 Å². The van der Waals surface area contributed by atoms with Gasteiger partial charge in [-0.1, -0.05) is 28.9 Å². The van der Waals surface area contributed by atoms with E-state index in [1.165, 1.54) is 11.2 Å². The number of likely N-dealkylation sites (tertiary alicyclic amines) is 1. The average molecular weight is 443 g/mol. The van der Waals surface area contributed by atoms with E-state index in [-0.39, 0.29) is 30.2 Å². The number of carbonyl (C=O) groups excluding carboxylic acids is 2. The maximum atomic E-state index is 13.1. The molecule has 1 unspecified atom stereocenters. The summed E-state index contributed by atoms with van der Waals surface area (Å²) in [4.78, 5) is 33.5. The van der Waals surface area contributed by atoms with Crippen LogP contribution in [0.1, 0.15) is 48.7 Å². The molecule has 2 aromatic heterocycles. The van der Waals surface area contributed by atoms with Gasteiger partial charge in [-0.25, -0.2) is 0 Å². The van der Waals surface area contributed by atoms with Crippen LogP contribution in [0.2, 0.25) is 5.02 Å². The van der Waals surface area contributed by atoms with Gasteiger partial charge in [0.15, 0.2) is 5.76 Å². The second-order valence-corrected chi connectivity index (χ2v) is 7.80. The summed E-state index contributed by atoms with van der Waals surface area (Å²) in [5.74, 6) is 0.569. The first-order valence-corrected chi connectivity index (χ1v) is 10.7. The van der Waals surface area contributed by atoms with Crippen molar-refractivity contribution in [1.29, 1.82) is 0 Å². The molecular weight excluding hydrogens is 420 g/mol. The Bertz CT molecular complexity index is 1050. The predicted octanol–water partition coefficient (Wildman–Crippen LogP) is 4.20. The molecule has 0 bridgehead atoms. The third-order valence-electron chi connectivity index (χ3n) is 5.36. The van der Waals surface area contributed by atoms with Gasteiger partial charge in [0.25, 0.3) is 5.91 Å². The summed E-state index contributed by atoms with van der Waals surface area (Å²) in [7, 11) is 0. The Morgan fingerprint density at radius 2 is 2.13 bits per heavy atom. The lowest BCUT2D eigenvalue weighted by atomic mass is 10.0. The van der Waals surface area contributed by atoms with Gasteiger partial charge >= 0.3 is 0 Å². The predicted molar refractivity (Wildman–Crippen MR) is 113 cm³/mol. The number of hydrogen-bond donors (Lipinski definition) is 0. The molecular formula is C22H23ClN4O4. The zero-order chi connectivity index (χ0) is 21.8. The van der Waals surface area contributed by atoms with Crippen molar-refractivity contribution < 1.29 is 18.5 Å². The van der Waals surface area contributed by atoms with Crippen LogP contribution in [-0.2, 0) is 4.79 Å². The maximum Gasteiger partial charge on any atom is 0.290 e. The summed E-state index contributed by atoms with van der Waals surface area (Å²) in [6, 6.07) is 10.1. The van der Waals surface area contributed by atoms with Gasteiger partial charge in [0, 0.05) is 23.7 Å². The summed E-state index contributed by atoms with van der Waals surface area (Å²) >= 11 is 6.06. The number of amides is 2. The molecule has 31 heavy (non-hydrogen) atoms. The van der Waals surface area contributed by atoms with Crippen molar-refractivity contribution >= 4 is 23.4 Å². The molecule has 1 saturated heterocycles. The molecule has 8 nitrogen and oxygen atoms in total. The second kappa shape index (κ2) is 9.34. The third kappa shape index (κ3) is 4.64. The Morgan fingerprint density at radius 1 is 1.26 bits per heavy atom. The Morgan fingerprint density at radius 3 is 2.87 bits per heavy atom. The highest BCUT2D eigenvalue weighted by Crippen LogP contribution is 2.31. The monoisotopic (exact) mass is 442 g/mol. The lowest BCUT2D eigenvalue weighted by Crippen LogP contribution is -2.46. The molecule has 1 aliphatic rings. The normalized spacial score (nSPS) is 16.3. The largest absolute Gasteiger partial charge is 0.459 e. The summed E-state index contributed by atoms with van der Waals surface area (Å²) in [5, 5.41) is 4.66. The number of carbonyl (C=O) groups is 2. The minimum absolute atomic E-state index is 0.0399. The number of likely N-dealkylation sites (N-methyl/N-ethyl adjacent to an activating group) is 1. The van der Waals surface area contributed by atoms with Crippen LogP contribution in [0.3, 0.4) is 0 Å². The van der Waals surface area contributed by atoms with Crippen LogP contribution in [0.15, 0.2) is 51.6 Å². The molecule has 1 fully saturated rings. The zero-order valence-electron chi connectivity index (χ0n) is 17.2. The van der Waals surface area contributed by atoms with Crippen molar-refractivity contribution in [3.8, 4) is 11.4 Å². The van der Waals surface area contributed by atoms with Gasteiger partial charge in [0.2, 0.25) is 17.6 Å². The van der Waals surface area contributed by atoms with Crippen LogP contribution in [0.5, 0.6) is 0 Å². The van der Waals surface area contributed by atoms with E-state index in [9.17, 15) is 9.59 Å². The van der Waals surface area contributed by atoms with Crippen LogP contribution in [0.4, 0.5) is 0 Å². The first kappa shape index (κ1) is 21.1. The van der Waals surface area contributed by atoms with Crippen LogP contribution in [0, 0.1) is 0 Å². The van der Waals surface area contributed by atoms with Crippen molar-refractivity contribution in [2.75, 3.05) is 19.6 Å². The van der Waals surface area contributed by atoms with E-state index in [1.54, 1.807) is 29.2 Å². The van der Waals surface area contributed by atoms with Crippen LogP contribution < -0.4 is 0 Å². The number of nitrogens with zero attached hydrogens (tertiary/aromatic N) is 4. The number of aromatic nitrogens is 2. The molecule has 0 spiro atoms. The zero-order valence-corrected chi connectivity index (χ0v) is 17.9. The van der Waals surface area contributed by atoms with Gasteiger partial charge in [-0.3, -0.25) is 9.59 Å². The number of rotatable bonds is 6. The SMILES string of the molecule is CCN(CC(=O)N1CCCCC1c1nc(-c2cccc(Cl)c2)no1)C(=O)c1ccco1. The molecule has 4 rings (SSSR count). The van der Waals surface area contributed by atoms with Crippen LogP contribution in [0.25, 0.3) is 11.4 Å². The molecule has 1 aliphatic heterocycles. The number of furan rings is 1. The molecule has 162 valence electrons. The molecule has 2 amide bonds. The minimum atomic E-state index is -0.320. The third-order valence-corrected chi connectivity index (χ3v) is 5.59. The molecule has 1 atom stereocenters. The second-order valence-electron chi connectivity index (χ2n) is 7.36. The number of piperidine rings is 1. The van der Waals surface area contributed by atoms with Crippen molar-refractivity contribution in [3.05, 3.63) is 59.3 Å². The van der Waals surface area contributed by atoms with Gasteiger partial charge in [0.1, 0.15) is 12.6 Å². The molecule has 1 aromatic carbocycles. The van der Waals surface area contributed by atoms with Gasteiger partial charge in [-0.2, -0.15) is 4.98 Å². The fraction of sp³-hybridized carbons (Fsp3) is 0.364. The molecule has 3 heterocycles. The van der Waals surface area contributed by atoms with Gasteiger partial charge < -0.3 is 18.7 Å². The maximum absolute atomic E-state index is 13.1. The summed E-state index contributed by atoms with van der Waals surface area (Å²) in [6.45, 7) is 2.76. The lowest BCUT2D eigenvalue weighted by Gasteiger charge is -2.34. The van der Waals surface area contributed by atoms with Crippen molar-refractivity contribution in [2.45, 2.75) is 32.2 Å². The highest BCUT2D eigenvalue weighted by Gasteiger charge is 2.33. The Kier molecular flexibility index (Phi) is 6.36. The average Bonchev–Trinajstić information content (AvgIpc) is 3.49. The first-order valence-electron chi connectivity index (χ1n) is 10.3. The first-order chi connectivity index (χ1) is 15.1. The fourth-order valence-corrected chi connectivity index (χ4v) is 3.93. The molecule has 0 saturated carbocycles. The van der Waals surface area contributed by atoms with Crippen LogP contribution >= 0.6 is 11.6 Å². The summed E-state index contributed by atoms with van der Waals surface area (Å²) < 4.78 is 10.7. The van der Waals surface area contributed by atoms with Gasteiger partial charge in [0.05, 0.1) is 6.26 Å². The van der Waals surface area contributed by atoms with Gasteiger partial charge in [-0.05, 0) is 50.5 Å². The number of halogens is 1. The van der Waals surface area contributed by atoms with Crippen LogP contribution in [-0.4, -0.2) is 51.4 Å².